The summed E-state index contributed by atoms with van der Waals surface area (Å²) < 4.78 is 5.76. The number of hydrogen-bond acceptors (Lipinski definition) is 2. The molecule has 0 heterocycles. The maximum atomic E-state index is 6.14. The van der Waals surface area contributed by atoms with Crippen LogP contribution in [0.25, 0.3) is 0 Å². The molecule has 2 aromatic rings. The van der Waals surface area contributed by atoms with Gasteiger partial charge in [0.05, 0.1) is 5.02 Å². The lowest BCUT2D eigenvalue weighted by molar-refractivity contribution is 0.482. The van der Waals surface area contributed by atoms with Crippen molar-refractivity contribution in [1.82, 2.24) is 0 Å². The summed E-state index contributed by atoms with van der Waals surface area (Å²) in [6.07, 6.45) is 0.867. The smallest absolute Gasteiger partial charge is 0.146 e. The molecule has 2 N–H and O–H groups in total. The topological polar surface area (TPSA) is 35.2 Å². The lowest BCUT2D eigenvalue weighted by Crippen LogP contribution is -2.17. The molecule has 1 atom stereocenters. The van der Waals surface area contributed by atoms with Crippen LogP contribution >= 0.6 is 11.6 Å². The molecule has 0 amide bonds. The summed E-state index contributed by atoms with van der Waals surface area (Å²) in [6, 6.07) is 13.8. The molecule has 0 saturated carbocycles. The van der Waals surface area contributed by atoms with E-state index in [0.717, 1.165) is 17.7 Å². The zero-order chi connectivity index (χ0) is 13.8. The average Bonchev–Trinajstić information content (AvgIpc) is 2.34. The first-order valence-corrected chi connectivity index (χ1v) is 6.71. The molecule has 0 aliphatic carbocycles. The van der Waals surface area contributed by atoms with Crippen LogP contribution in [0.4, 0.5) is 0 Å². The Kier molecular flexibility index (Phi) is 4.46. The molecule has 0 fully saturated rings. The van der Waals surface area contributed by atoms with Crippen molar-refractivity contribution in [2.75, 3.05) is 0 Å². The molecule has 2 aromatic carbocycles. The Hall–Kier alpha value is -1.51. The fourth-order valence-corrected chi connectivity index (χ4v) is 2.15. The maximum absolute atomic E-state index is 6.14. The first-order chi connectivity index (χ1) is 9.04. The Morgan fingerprint density at radius 1 is 1.16 bits per heavy atom. The van der Waals surface area contributed by atoms with E-state index >= 15 is 0 Å². The Balaban J connectivity index is 2.10. The molecular formula is C16H18ClNO. The van der Waals surface area contributed by atoms with Crippen molar-refractivity contribution in [3.63, 3.8) is 0 Å². The number of rotatable bonds is 4. The largest absolute Gasteiger partial charge is 0.456 e. The number of hydrogen-bond donors (Lipinski definition) is 1. The number of halogens is 1. The van der Waals surface area contributed by atoms with Gasteiger partial charge in [-0.05, 0) is 55.7 Å². The molecule has 0 aromatic heterocycles. The van der Waals surface area contributed by atoms with E-state index in [1.54, 1.807) is 0 Å². The van der Waals surface area contributed by atoms with Gasteiger partial charge < -0.3 is 10.5 Å². The maximum Gasteiger partial charge on any atom is 0.146 e. The van der Waals surface area contributed by atoms with Crippen LogP contribution in [0.5, 0.6) is 11.5 Å². The second kappa shape index (κ2) is 6.09. The Bertz CT molecular complexity index is 549. The Labute approximate surface area is 119 Å². The van der Waals surface area contributed by atoms with Crippen LogP contribution in [-0.2, 0) is 6.42 Å². The first kappa shape index (κ1) is 13.9. The van der Waals surface area contributed by atoms with Gasteiger partial charge in [0.1, 0.15) is 11.5 Å². The highest BCUT2D eigenvalue weighted by Crippen LogP contribution is 2.30. The molecule has 0 spiro atoms. The summed E-state index contributed by atoms with van der Waals surface area (Å²) in [4.78, 5) is 0. The van der Waals surface area contributed by atoms with Gasteiger partial charge in [0.25, 0.3) is 0 Å². The highest BCUT2D eigenvalue weighted by atomic mass is 35.5. The normalized spacial score (nSPS) is 12.2. The monoisotopic (exact) mass is 275 g/mol. The minimum Gasteiger partial charge on any atom is -0.456 e. The molecule has 0 aliphatic rings. The summed E-state index contributed by atoms with van der Waals surface area (Å²) in [7, 11) is 0. The molecule has 2 nitrogen and oxygen atoms in total. The lowest BCUT2D eigenvalue weighted by atomic mass is 10.1. The highest BCUT2D eigenvalue weighted by Gasteiger charge is 2.04. The number of ether oxygens (including phenoxy) is 1. The highest BCUT2D eigenvalue weighted by molar-refractivity contribution is 6.32. The zero-order valence-electron chi connectivity index (χ0n) is 11.2. The van der Waals surface area contributed by atoms with Crippen LogP contribution in [0, 0.1) is 6.92 Å². The van der Waals surface area contributed by atoms with Gasteiger partial charge in [-0.15, -0.1) is 0 Å². The second-order valence-electron chi connectivity index (χ2n) is 4.86. The molecular weight excluding hydrogens is 258 g/mol. The van der Waals surface area contributed by atoms with Crippen molar-refractivity contribution < 1.29 is 4.74 Å². The quantitative estimate of drug-likeness (QED) is 0.901. The van der Waals surface area contributed by atoms with Gasteiger partial charge in [-0.1, -0.05) is 29.8 Å². The van der Waals surface area contributed by atoms with Crippen molar-refractivity contribution in [3.8, 4) is 11.5 Å². The summed E-state index contributed by atoms with van der Waals surface area (Å²) in [5, 5.41) is 0.625. The third-order valence-electron chi connectivity index (χ3n) is 2.80. The van der Waals surface area contributed by atoms with E-state index in [4.69, 9.17) is 22.1 Å². The van der Waals surface area contributed by atoms with Crippen LogP contribution in [-0.4, -0.2) is 6.04 Å². The SMILES string of the molecule is Cc1ccc(Oc2ccc(CC(C)N)cc2)c(Cl)c1. The van der Waals surface area contributed by atoms with E-state index in [0.29, 0.717) is 10.8 Å². The number of nitrogens with two attached hydrogens (primary N) is 1. The summed E-state index contributed by atoms with van der Waals surface area (Å²) in [6.45, 7) is 3.99. The second-order valence-corrected chi connectivity index (χ2v) is 5.27. The minimum atomic E-state index is 0.165. The predicted octanol–water partition coefficient (Wildman–Crippen LogP) is 4.33. The number of aryl methyl sites for hydroxylation is 1. The predicted molar refractivity (Wildman–Crippen MR) is 80.1 cm³/mol. The van der Waals surface area contributed by atoms with Gasteiger partial charge in [-0.25, -0.2) is 0 Å². The van der Waals surface area contributed by atoms with Crippen LogP contribution in [0.15, 0.2) is 42.5 Å². The van der Waals surface area contributed by atoms with E-state index in [9.17, 15) is 0 Å². The Morgan fingerprint density at radius 3 is 2.42 bits per heavy atom. The lowest BCUT2D eigenvalue weighted by Gasteiger charge is -2.09. The van der Waals surface area contributed by atoms with Crippen LogP contribution in [0.2, 0.25) is 5.02 Å². The molecule has 2 rings (SSSR count). The molecule has 0 radical (unpaired) electrons. The third-order valence-corrected chi connectivity index (χ3v) is 3.09. The standard InChI is InChI=1S/C16H18ClNO/c1-11-3-8-16(15(17)9-11)19-14-6-4-13(5-7-14)10-12(2)18/h3-9,12H,10,18H2,1-2H3. The third kappa shape index (κ3) is 3.98. The molecule has 0 saturated heterocycles. The van der Waals surface area contributed by atoms with Gasteiger partial charge in [-0.3, -0.25) is 0 Å². The molecule has 0 bridgehead atoms. The van der Waals surface area contributed by atoms with Crippen molar-refractivity contribution in [1.29, 1.82) is 0 Å². The van der Waals surface area contributed by atoms with Crippen LogP contribution in [0.1, 0.15) is 18.1 Å². The van der Waals surface area contributed by atoms with Gasteiger partial charge in [0.2, 0.25) is 0 Å². The average molecular weight is 276 g/mol. The minimum absolute atomic E-state index is 0.165. The Morgan fingerprint density at radius 2 is 1.84 bits per heavy atom. The first-order valence-electron chi connectivity index (χ1n) is 6.33. The van der Waals surface area contributed by atoms with E-state index in [-0.39, 0.29) is 6.04 Å². The van der Waals surface area contributed by atoms with E-state index in [1.807, 2.05) is 56.3 Å². The van der Waals surface area contributed by atoms with Gasteiger partial charge in [-0.2, -0.15) is 0 Å². The van der Waals surface area contributed by atoms with Gasteiger partial charge in [0.15, 0.2) is 0 Å². The van der Waals surface area contributed by atoms with E-state index < -0.39 is 0 Å². The van der Waals surface area contributed by atoms with Gasteiger partial charge >= 0.3 is 0 Å². The van der Waals surface area contributed by atoms with E-state index in [2.05, 4.69) is 0 Å². The van der Waals surface area contributed by atoms with Gasteiger partial charge in [0, 0.05) is 6.04 Å². The molecule has 0 aliphatic heterocycles. The fourth-order valence-electron chi connectivity index (χ4n) is 1.88. The van der Waals surface area contributed by atoms with Crippen molar-refractivity contribution in [3.05, 3.63) is 58.6 Å². The molecule has 19 heavy (non-hydrogen) atoms. The zero-order valence-corrected chi connectivity index (χ0v) is 11.9. The van der Waals surface area contributed by atoms with Crippen LogP contribution in [0.3, 0.4) is 0 Å². The summed E-state index contributed by atoms with van der Waals surface area (Å²) >= 11 is 6.14. The van der Waals surface area contributed by atoms with E-state index in [1.165, 1.54) is 5.56 Å². The molecule has 100 valence electrons. The van der Waals surface area contributed by atoms with Crippen molar-refractivity contribution in [2.45, 2.75) is 26.3 Å². The number of benzene rings is 2. The van der Waals surface area contributed by atoms with Crippen molar-refractivity contribution in [2.24, 2.45) is 5.73 Å². The van der Waals surface area contributed by atoms with Crippen molar-refractivity contribution >= 4 is 11.6 Å². The fraction of sp³-hybridized carbons (Fsp3) is 0.250. The molecule has 1 unspecified atom stereocenters. The van der Waals surface area contributed by atoms with Crippen LogP contribution < -0.4 is 10.5 Å². The summed E-state index contributed by atoms with van der Waals surface area (Å²) in [5.74, 6) is 1.45. The molecule has 3 heteroatoms. The summed E-state index contributed by atoms with van der Waals surface area (Å²) in [5.41, 5.74) is 8.09.